The van der Waals surface area contributed by atoms with Gasteiger partial charge in [-0.15, -0.1) is 5.10 Å². The second-order valence-corrected chi connectivity index (χ2v) is 4.36. The van der Waals surface area contributed by atoms with Gasteiger partial charge in [0.15, 0.2) is 5.82 Å². The van der Waals surface area contributed by atoms with Crippen LogP contribution in [0, 0.1) is 0 Å². The monoisotopic (exact) mass is 245 g/mol. The van der Waals surface area contributed by atoms with E-state index in [1.165, 1.54) is 0 Å². The number of nitrogens with two attached hydrogens (primary N) is 1. The topological polar surface area (TPSA) is 89.0 Å². The van der Waals surface area contributed by atoms with Crippen molar-refractivity contribution in [3.05, 3.63) is 24.3 Å². The van der Waals surface area contributed by atoms with Gasteiger partial charge < -0.3 is 16.2 Å². The number of benzene rings is 1. The van der Waals surface area contributed by atoms with Crippen molar-refractivity contribution in [2.24, 2.45) is 5.73 Å². The van der Waals surface area contributed by atoms with E-state index in [0.29, 0.717) is 12.4 Å². The van der Waals surface area contributed by atoms with Crippen molar-refractivity contribution < 1.29 is 5.11 Å². The molecule has 1 aromatic heterocycles. The average molecular weight is 245 g/mol. The minimum Gasteiger partial charge on any atom is -0.508 e. The molecule has 0 saturated heterocycles. The molecule has 0 amide bonds. The summed E-state index contributed by atoms with van der Waals surface area (Å²) in [7, 11) is 0. The minimum atomic E-state index is 0.208. The molecule has 3 rings (SSSR count). The SMILES string of the molecule is NCC1CCNc2nc(-c3ccc(O)cc3)nn21. The highest BCUT2D eigenvalue weighted by atomic mass is 16.3. The normalized spacial score (nSPS) is 18.2. The number of phenolic OH excluding ortho intramolecular Hbond substituents is 1. The van der Waals surface area contributed by atoms with Crippen molar-refractivity contribution in [2.75, 3.05) is 18.4 Å². The molecular formula is C12H15N5O. The van der Waals surface area contributed by atoms with E-state index in [1.807, 2.05) is 4.68 Å². The molecular weight excluding hydrogens is 230 g/mol. The first-order valence-corrected chi connectivity index (χ1v) is 5.98. The third-order valence-corrected chi connectivity index (χ3v) is 3.14. The van der Waals surface area contributed by atoms with Crippen LogP contribution in [0.4, 0.5) is 5.95 Å². The number of phenols is 1. The Hall–Kier alpha value is -2.08. The maximum atomic E-state index is 9.27. The fourth-order valence-corrected chi connectivity index (χ4v) is 2.12. The summed E-state index contributed by atoms with van der Waals surface area (Å²) in [4.78, 5) is 4.45. The van der Waals surface area contributed by atoms with E-state index in [4.69, 9.17) is 5.73 Å². The van der Waals surface area contributed by atoms with Crippen LogP contribution in [-0.2, 0) is 0 Å². The van der Waals surface area contributed by atoms with Crippen LogP contribution in [0.15, 0.2) is 24.3 Å². The molecule has 4 N–H and O–H groups in total. The molecule has 0 spiro atoms. The van der Waals surface area contributed by atoms with Crippen LogP contribution in [0.3, 0.4) is 0 Å². The molecule has 1 aromatic carbocycles. The molecule has 1 atom stereocenters. The Morgan fingerprint density at radius 2 is 2.17 bits per heavy atom. The fraction of sp³-hybridized carbons (Fsp3) is 0.333. The highest BCUT2D eigenvalue weighted by molar-refractivity contribution is 5.57. The van der Waals surface area contributed by atoms with Gasteiger partial charge in [0, 0.05) is 18.7 Å². The Morgan fingerprint density at radius 1 is 1.39 bits per heavy atom. The molecule has 0 aliphatic carbocycles. The number of rotatable bonds is 2. The molecule has 1 aliphatic heterocycles. The van der Waals surface area contributed by atoms with E-state index in [9.17, 15) is 5.11 Å². The van der Waals surface area contributed by atoms with Gasteiger partial charge in [0.1, 0.15) is 5.75 Å². The standard InChI is InChI=1S/C12H15N5O/c13-7-9-5-6-14-12-15-11(16-17(9)12)8-1-3-10(18)4-2-8/h1-4,9,18H,5-7,13H2,(H,14,15,16). The van der Waals surface area contributed by atoms with E-state index in [-0.39, 0.29) is 11.8 Å². The van der Waals surface area contributed by atoms with Crippen LogP contribution >= 0.6 is 0 Å². The van der Waals surface area contributed by atoms with Crippen molar-refractivity contribution in [1.29, 1.82) is 0 Å². The zero-order valence-corrected chi connectivity index (χ0v) is 9.87. The number of nitrogens with zero attached hydrogens (tertiary/aromatic N) is 3. The molecule has 6 heteroatoms. The summed E-state index contributed by atoms with van der Waals surface area (Å²) in [5.41, 5.74) is 6.62. The van der Waals surface area contributed by atoms with Gasteiger partial charge in [-0.2, -0.15) is 4.98 Å². The number of aromatic hydroxyl groups is 1. The number of hydrogen-bond donors (Lipinski definition) is 3. The third-order valence-electron chi connectivity index (χ3n) is 3.14. The zero-order chi connectivity index (χ0) is 12.5. The Balaban J connectivity index is 1.99. The summed E-state index contributed by atoms with van der Waals surface area (Å²) in [6, 6.07) is 7.06. The lowest BCUT2D eigenvalue weighted by Gasteiger charge is -2.22. The van der Waals surface area contributed by atoms with Crippen molar-refractivity contribution in [3.8, 4) is 17.1 Å². The highest BCUT2D eigenvalue weighted by Crippen LogP contribution is 2.25. The number of fused-ring (bicyclic) bond motifs is 1. The minimum absolute atomic E-state index is 0.208. The molecule has 0 fully saturated rings. The largest absolute Gasteiger partial charge is 0.508 e. The van der Waals surface area contributed by atoms with Crippen LogP contribution < -0.4 is 11.1 Å². The van der Waals surface area contributed by atoms with Crippen molar-refractivity contribution in [3.63, 3.8) is 0 Å². The van der Waals surface area contributed by atoms with E-state index in [2.05, 4.69) is 15.4 Å². The van der Waals surface area contributed by atoms with E-state index in [1.54, 1.807) is 24.3 Å². The molecule has 18 heavy (non-hydrogen) atoms. The Morgan fingerprint density at radius 3 is 2.89 bits per heavy atom. The van der Waals surface area contributed by atoms with E-state index < -0.39 is 0 Å². The number of anilines is 1. The van der Waals surface area contributed by atoms with Gasteiger partial charge in [0.25, 0.3) is 0 Å². The van der Waals surface area contributed by atoms with Gasteiger partial charge in [-0.1, -0.05) is 0 Å². The highest BCUT2D eigenvalue weighted by Gasteiger charge is 2.22. The van der Waals surface area contributed by atoms with Crippen LogP contribution in [0.25, 0.3) is 11.4 Å². The van der Waals surface area contributed by atoms with Gasteiger partial charge in [-0.25, -0.2) is 4.68 Å². The Labute approximate surface area is 104 Å². The van der Waals surface area contributed by atoms with Crippen molar-refractivity contribution in [1.82, 2.24) is 14.8 Å². The molecule has 2 aromatic rings. The smallest absolute Gasteiger partial charge is 0.222 e. The molecule has 94 valence electrons. The molecule has 0 bridgehead atoms. The van der Waals surface area contributed by atoms with E-state index in [0.717, 1.165) is 24.5 Å². The Bertz CT molecular complexity index is 548. The van der Waals surface area contributed by atoms with Crippen LogP contribution in [0.1, 0.15) is 12.5 Å². The van der Waals surface area contributed by atoms with Gasteiger partial charge >= 0.3 is 0 Å². The van der Waals surface area contributed by atoms with Gasteiger partial charge in [-0.3, -0.25) is 0 Å². The van der Waals surface area contributed by atoms with Crippen LogP contribution in [0.2, 0.25) is 0 Å². The van der Waals surface area contributed by atoms with Gasteiger partial charge in [-0.05, 0) is 30.7 Å². The first-order valence-electron chi connectivity index (χ1n) is 5.98. The molecule has 1 unspecified atom stereocenters. The first-order chi connectivity index (χ1) is 8.78. The summed E-state index contributed by atoms with van der Waals surface area (Å²) in [6.45, 7) is 1.43. The number of aromatic nitrogens is 3. The first kappa shape index (κ1) is 11.0. The van der Waals surface area contributed by atoms with E-state index >= 15 is 0 Å². The summed E-state index contributed by atoms with van der Waals surface area (Å²) >= 11 is 0. The zero-order valence-electron chi connectivity index (χ0n) is 9.87. The molecule has 6 nitrogen and oxygen atoms in total. The fourth-order valence-electron chi connectivity index (χ4n) is 2.12. The summed E-state index contributed by atoms with van der Waals surface area (Å²) in [6.07, 6.45) is 0.960. The maximum Gasteiger partial charge on any atom is 0.222 e. The lowest BCUT2D eigenvalue weighted by molar-refractivity contribution is 0.427. The third kappa shape index (κ3) is 1.80. The van der Waals surface area contributed by atoms with Crippen LogP contribution in [0.5, 0.6) is 5.75 Å². The van der Waals surface area contributed by atoms with Gasteiger partial charge in [0.2, 0.25) is 5.95 Å². The summed E-state index contributed by atoms with van der Waals surface area (Å²) in [5, 5.41) is 17.0. The summed E-state index contributed by atoms with van der Waals surface area (Å²) < 4.78 is 1.85. The lowest BCUT2D eigenvalue weighted by Crippen LogP contribution is -2.29. The summed E-state index contributed by atoms with van der Waals surface area (Å²) in [5.74, 6) is 1.65. The molecule has 1 aliphatic rings. The lowest BCUT2D eigenvalue weighted by atomic mass is 10.2. The molecule has 2 heterocycles. The number of hydrogen-bond acceptors (Lipinski definition) is 5. The second kappa shape index (κ2) is 4.30. The van der Waals surface area contributed by atoms with Crippen molar-refractivity contribution in [2.45, 2.75) is 12.5 Å². The average Bonchev–Trinajstić information content (AvgIpc) is 2.83. The van der Waals surface area contributed by atoms with Crippen LogP contribution in [-0.4, -0.2) is 33.0 Å². The number of nitrogens with one attached hydrogen (secondary N) is 1. The maximum absolute atomic E-state index is 9.27. The quantitative estimate of drug-likeness (QED) is 0.733. The predicted molar refractivity (Wildman–Crippen MR) is 68.3 cm³/mol. The molecule has 0 radical (unpaired) electrons. The van der Waals surface area contributed by atoms with Crippen molar-refractivity contribution >= 4 is 5.95 Å². The molecule has 0 saturated carbocycles. The second-order valence-electron chi connectivity index (χ2n) is 4.36. The predicted octanol–water partition coefficient (Wildman–Crippen LogP) is 0.966. The Kier molecular flexibility index (Phi) is 2.64. The van der Waals surface area contributed by atoms with Gasteiger partial charge in [0.05, 0.1) is 6.04 Å².